The van der Waals surface area contributed by atoms with Crippen molar-refractivity contribution in [1.82, 2.24) is 9.80 Å². The van der Waals surface area contributed by atoms with E-state index in [1.54, 1.807) is 0 Å². The smallest absolute Gasteiger partial charge is 0.0125 e. The first kappa shape index (κ1) is 14.3. The van der Waals surface area contributed by atoms with Gasteiger partial charge in [0.25, 0.3) is 0 Å². The number of piperidine rings is 1. The van der Waals surface area contributed by atoms with Crippen molar-refractivity contribution in [2.24, 2.45) is 17.3 Å². The molecule has 2 heteroatoms. The third-order valence-electron chi connectivity index (χ3n) is 4.52. The van der Waals surface area contributed by atoms with E-state index in [-0.39, 0.29) is 0 Å². The summed E-state index contributed by atoms with van der Waals surface area (Å²) in [5, 5.41) is 0. The molecule has 0 aromatic rings. The van der Waals surface area contributed by atoms with Crippen LogP contribution in [0.1, 0.15) is 48.0 Å². The number of hydrogen-bond donors (Lipinski definition) is 0. The Morgan fingerprint density at radius 2 is 1.50 bits per heavy atom. The van der Waals surface area contributed by atoms with Crippen molar-refractivity contribution < 1.29 is 0 Å². The van der Waals surface area contributed by atoms with Crippen molar-refractivity contribution in [3.05, 3.63) is 0 Å². The van der Waals surface area contributed by atoms with Crippen molar-refractivity contribution in [3.63, 3.8) is 0 Å². The highest BCUT2D eigenvalue weighted by Crippen LogP contribution is 2.35. The molecular weight excluding hydrogens is 220 g/mol. The highest BCUT2D eigenvalue weighted by Gasteiger charge is 2.40. The van der Waals surface area contributed by atoms with E-state index in [4.69, 9.17) is 0 Å². The lowest BCUT2D eigenvalue weighted by molar-refractivity contribution is 0.0641. The average molecular weight is 252 g/mol. The Hall–Kier alpha value is -0.0800. The zero-order chi connectivity index (χ0) is 13.6. The molecule has 2 rings (SSSR count). The largest absolute Gasteiger partial charge is 0.302 e. The van der Waals surface area contributed by atoms with Crippen LogP contribution in [0, 0.1) is 17.3 Å². The van der Waals surface area contributed by atoms with Crippen LogP contribution in [0.25, 0.3) is 0 Å². The van der Waals surface area contributed by atoms with Gasteiger partial charge in [-0.15, -0.1) is 0 Å². The first-order chi connectivity index (χ1) is 8.15. The monoisotopic (exact) mass is 252 g/mol. The van der Waals surface area contributed by atoms with Crippen molar-refractivity contribution in [2.75, 3.05) is 32.7 Å². The Kier molecular flexibility index (Phi) is 3.81. The van der Waals surface area contributed by atoms with Crippen LogP contribution in [-0.4, -0.2) is 48.1 Å². The van der Waals surface area contributed by atoms with Crippen molar-refractivity contribution in [2.45, 2.75) is 53.5 Å². The van der Waals surface area contributed by atoms with Crippen molar-refractivity contribution in [3.8, 4) is 0 Å². The quantitative estimate of drug-likeness (QED) is 0.707. The molecule has 2 saturated heterocycles. The maximum absolute atomic E-state index is 2.71. The summed E-state index contributed by atoms with van der Waals surface area (Å²) in [6, 6.07) is 0. The zero-order valence-electron chi connectivity index (χ0n) is 13.3. The second kappa shape index (κ2) is 4.79. The van der Waals surface area contributed by atoms with Crippen LogP contribution in [-0.2, 0) is 0 Å². The third-order valence-corrected chi connectivity index (χ3v) is 4.52. The van der Waals surface area contributed by atoms with Gasteiger partial charge in [-0.1, -0.05) is 20.8 Å². The van der Waals surface area contributed by atoms with E-state index < -0.39 is 0 Å². The van der Waals surface area contributed by atoms with Crippen molar-refractivity contribution >= 4 is 0 Å². The van der Waals surface area contributed by atoms with E-state index in [1.165, 1.54) is 39.1 Å². The standard InChI is InChI=1S/C16H32N2/c1-15(2,3)12-17-9-13-7-8-18(16(4,5)6)11-14(13)10-17/h13-14H,7-12H2,1-6H3. The maximum Gasteiger partial charge on any atom is 0.0125 e. The molecule has 106 valence electrons. The van der Waals surface area contributed by atoms with Crippen molar-refractivity contribution in [1.29, 1.82) is 0 Å². The highest BCUT2D eigenvalue weighted by molar-refractivity contribution is 4.93. The number of hydrogen-bond acceptors (Lipinski definition) is 2. The maximum atomic E-state index is 2.71. The molecular formula is C16H32N2. The van der Waals surface area contributed by atoms with Gasteiger partial charge in [0.05, 0.1) is 0 Å². The van der Waals surface area contributed by atoms with Gasteiger partial charge in [-0.3, -0.25) is 4.90 Å². The molecule has 0 N–H and O–H groups in total. The van der Waals surface area contributed by atoms with Gasteiger partial charge in [0.1, 0.15) is 0 Å². The van der Waals surface area contributed by atoms with Gasteiger partial charge >= 0.3 is 0 Å². The van der Waals surface area contributed by atoms with Crippen LogP contribution in [0.2, 0.25) is 0 Å². The summed E-state index contributed by atoms with van der Waals surface area (Å²) in [5.41, 5.74) is 0.791. The molecule has 0 aromatic carbocycles. The Bertz CT molecular complexity index is 284. The second-order valence-corrected chi connectivity index (χ2v) is 8.68. The minimum absolute atomic E-state index is 0.350. The number of nitrogens with zero attached hydrogens (tertiary/aromatic N) is 2. The predicted molar refractivity (Wildman–Crippen MR) is 78.8 cm³/mol. The minimum Gasteiger partial charge on any atom is -0.302 e. The Balaban J connectivity index is 1.91. The van der Waals surface area contributed by atoms with E-state index in [1.807, 2.05) is 0 Å². The highest BCUT2D eigenvalue weighted by atomic mass is 15.2. The van der Waals surface area contributed by atoms with E-state index in [9.17, 15) is 0 Å². The molecule has 0 amide bonds. The third kappa shape index (κ3) is 3.48. The van der Waals surface area contributed by atoms with E-state index >= 15 is 0 Å². The van der Waals surface area contributed by atoms with Gasteiger partial charge in [0.15, 0.2) is 0 Å². The summed E-state index contributed by atoms with van der Waals surface area (Å²) in [5.74, 6) is 1.88. The number of fused-ring (bicyclic) bond motifs is 1. The van der Waals surface area contributed by atoms with Crippen LogP contribution in [0.15, 0.2) is 0 Å². The van der Waals surface area contributed by atoms with Gasteiger partial charge in [0, 0.05) is 31.7 Å². The first-order valence-electron chi connectivity index (χ1n) is 7.62. The Morgan fingerprint density at radius 1 is 0.889 bits per heavy atom. The number of likely N-dealkylation sites (tertiary alicyclic amines) is 2. The summed E-state index contributed by atoms with van der Waals surface area (Å²) >= 11 is 0. The lowest BCUT2D eigenvalue weighted by atomic mass is 9.86. The molecule has 2 aliphatic rings. The van der Waals surface area contributed by atoms with Gasteiger partial charge in [0.2, 0.25) is 0 Å². The molecule has 2 heterocycles. The fourth-order valence-electron chi connectivity index (χ4n) is 3.67. The van der Waals surface area contributed by atoms with Crippen LogP contribution >= 0.6 is 0 Å². The van der Waals surface area contributed by atoms with Gasteiger partial charge in [-0.2, -0.15) is 0 Å². The predicted octanol–water partition coefficient (Wildman–Crippen LogP) is 3.08. The Labute approximate surface area is 114 Å². The fraction of sp³-hybridized carbons (Fsp3) is 1.00. The number of rotatable bonds is 1. The normalized spacial score (nSPS) is 31.7. The van der Waals surface area contributed by atoms with Crippen LogP contribution in [0.5, 0.6) is 0 Å². The zero-order valence-corrected chi connectivity index (χ0v) is 13.3. The second-order valence-electron chi connectivity index (χ2n) is 8.68. The molecule has 0 aliphatic carbocycles. The molecule has 0 aromatic heterocycles. The molecule has 18 heavy (non-hydrogen) atoms. The summed E-state index contributed by atoms with van der Waals surface area (Å²) in [6.07, 6.45) is 1.41. The van der Waals surface area contributed by atoms with Gasteiger partial charge in [-0.05, 0) is 51.0 Å². The van der Waals surface area contributed by atoms with Gasteiger partial charge in [-0.25, -0.2) is 0 Å². The summed E-state index contributed by atoms with van der Waals surface area (Å²) < 4.78 is 0. The SMILES string of the molecule is CC(C)(C)CN1CC2CCN(C(C)(C)C)CC2C1. The van der Waals surface area contributed by atoms with Crippen LogP contribution in [0.3, 0.4) is 0 Å². The molecule has 0 bridgehead atoms. The van der Waals surface area contributed by atoms with Gasteiger partial charge < -0.3 is 4.90 Å². The molecule has 2 atom stereocenters. The Morgan fingerprint density at radius 3 is 2.06 bits per heavy atom. The molecule has 0 saturated carbocycles. The lowest BCUT2D eigenvalue weighted by Gasteiger charge is -2.42. The van der Waals surface area contributed by atoms with E-state index in [0.29, 0.717) is 11.0 Å². The molecule has 0 spiro atoms. The summed E-state index contributed by atoms with van der Waals surface area (Å²) in [6.45, 7) is 20.7. The summed E-state index contributed by atoms with van der Waals surface area (Å²) in [7, 11) is 0. The van der Waals surface area contributed by atoms with Crippen LogP contribution in [0.4, 0.5) is 0 Å². The van der Waals surface area contributed by atoms with E-state index in [2.05, 4.69) is 51.3 Å². The van der Waals surface area contributed by atoms with E-state index in [0.717, 1.165) is 11.8 Å². The minimum atomic E-state index is 0.350. The topological polar surface area (TPSA) is 6.48 Å². The molecule has 2 unspecified atom stereocenters. The molecule has 2 fully saturated rings. The van der Waals surface area contributed by atoms with Crippen LogP contribution < -0.4 is 0 Å². The molecule has 0 radical (unpaired) electrons. The molecule has 2 nitrogen and oxygen atoms in total. The fourth-order valence-corrected chi connectivity index (χ4v) is 3.67. The molecule has 2 aliphatic heterocycles. The first-order valence-corrected chi connectivity index (χ1v) is 7.62. The average Bonchev–Trinajstić information content (AvgIpc) is 2.53. The summed E-state index contributed by atoms with van der Waals surface area (Å²) in [4.78, 5) is 5.40. The lowest BCUT2D eigenvalue weighted by Crippen LogP contribution is -2.49.